The summed E-state index contributed by atoms with van der Waals surface area (Å²) in [6.45, 7) is 2.29. The van der Waals surface area contributed by atoms with Crippen molar-refractivity contribution >= 4 is 41.2 Å². The lowest BCUT2D eigenvalue weighted by molar-refractivity contribution is -0.139. The lowest BCUT2D eigenvalue weighted by Crippen LogP contribution is -2.39. The maximum atomic E-state index is 12.2. The lowest BCUT2D eigenvalue weighted by atomic mass is 10.1. The summed E-state index contributed by atoms with van der Waals surface area (Å²) >= 11 is 6.01. The smallest absolute Gasteiger partial charge is 0.329 e. The van der Waals surface area contributed by atoms with Gasteiger partial charge in [0.15, 0.2) is 6.61 Å². The fourth-order valence-electron chi connectivity index (χ4n) is 2.47. The van der Waals surface area contributed by atoms with E-state index in [1.807, 2.05) is 24.3 Å². The Hall–Kier alpha value is -3.43. The summed E-state index contributed by atoms with van der Waals surface area (Å²) in [6.07, 6.45) is 2.18. The first-order valence-corrected chi connectivity index (χ1v) is 10.2. The van der Waals surface area contributed by atoms with Crippen LogP contribution in [0.2, 0.25) is 5.02 Å². The molecule has 0 saturated carbocycles. The number of carbonyl (C=O) groups excluding carboxylic acids is 3. The van der Waals surface area contributed by atoms with Gasteiger partial charge in [-0.05, 0) is 42.3 Å². The molecule has 170 valence electrons. The third-order valence-corrected chi connectivity index (χ3v) is 4.38. The van der Waals surface area contributed by atoms with Gasteiger partial charge < -0.3 is 20.1 Å². The van der Waals surface area contributed by atoms with Crippen molar-refractivity contribution in [3.8, 4) is 5.75 Å². The molecule has 0 saturated heterocycles. The molecule has 0 aliphatic rings. The van der Waals surface area contributed by atoms with Gasteiger partial charge in [0.05, 0.1) is 12.8 Å². The zero-order valence-electron chi connectivity index (χ0n) is 17.8. The second kappa shape index (κ2) is 13.1. The van der Waals surface area contributed by atoms with Crippen LogP contribution in [0.3, 0.4) is 0 Å². The summed E-state index contributed by atoms with van der Waals surface area (Å²) in [5, 5.41) is 9.28. The number of hydrazone groups is 1. The van der Waals surface area contributed by atoms with E-state index in [2.05, 4.69) is 28.1 Å². The molecule has 0 radical (unpaired) electrons. The largest absolute Gasteiger partial charge is 0.483 e. The number of anilines is 1. The van der Waals surface area contributed by atoms with Gasteiger partial charge in [0.25, 0.3) is 5.91 Å². The van der Waals surface area contributed by atoms with E-state index >= 15 is 0 Å². The monoisotopic (exact) mass is 460 g/mol. The summed E-state index contributed by atoms with van der Waals surface area (Å²) in [4.78, 5) is 35.5. The molecule has 10 heteroatoms. The Morgan fingerprint density at radius 3 is 2.53 bits per heavy atom. The van der Waals surface area contributed by atoms with Crippen molar-refractivity contribution in [2.24, 2.45) is 5.10 Å². The second-order valence-electron chi connectivity index (χ2n) is 6.52. The van der Waals surface area contributed by atoms with Gasteiger partial charge >= 0.3 is 11.8 Å². The minimum absolute atomic E-state index is 0.198. The van der Waals surface area contributed by atoms with Crippen molar-refractivity contribution in [2.45, 2.75) is 13.3 Å². The predicted molar refractivity (Wildman–Crippen MR) is 122 cm³/mol. The highest BCUT2D eigenvalue weighted by molar-refractivity contribution is 6.35. The van der Waals surface area contributed by atoms with Gasteiger partial charge in [0, 0.05) is 29.9 Å². The second-order valence-corrected chi connectivity index (χ2v) is 6.95. The van der Waals surface area contributed by atoms with Crippen LogP contribution in [0.4, 0.5) is 5.69 Å². The number of carbonyl (C=O) groups is 3. The van der Waals surface area contributed by atoms with Crippen molar-refractivity contribution in [1.82, 2.24) is 10.7 Å². The molecule has 0 heterocycles. The molecule has 9 nitrogen and oxygen atoms in total. The molecular weight excluding hydrogens is 436 g/mol. The van der Waals surface area contributed by atoms with Gasteiger partial charge in [-0.3, -0.25) is 14.4 Å². The Balaban J connectivity index is 1.92. The summed E-state index contributed by atoms with van der Waals surface area (Å²) in [5.41, 5.74) is 4.36. The van der Waals surface area contributed by atoms with E-state index < -0.39 is 11.8 Å². The van der Waals surface area contributed by atoms with E-state index in [-0.39, 0.29) is 25.7 Å². The Morgan fingerprint density at radius 2 is 1.84 bits per heavy atom. The highest BCUT2D eigenvalue weighted by Crippen LogP contribution is 2.21. The molecule has 0 unspecified atom stereocenters. The SMILES string of the molecule is CCc1ccc(NC(=O)COc2ccc(Cl)cc2/C=N\NC(=O)C(=O)NCCOC)cc1. The Morgan fingerprint density at radius 1 is 1.09 bits per heavy atom. The molecule has 3 N–H and O–H groups in total. The summed E-state index contributed by atoms with van der Waals surface area (Å²) < 4.78 is 10.4. The molecular formula is C22H25ClN4O5. The van der Waals surface area contributed by atoms with Crippen LogP contribution in [0.25, 0.3) is 0 Å². The number of nitrogens with one attached hydrogen (secondary N) is 3. The zero-order chi connectivity index (χ0) is 23.3. The summed E-state index contributed by atoms with van der Waals surface area (Å²) in [7, 11) is 1.48. The van der Waals surface area contributed by atoms with Crippen LogP contribution in [0.15, 0.2) is 47.6 Å². The van der Waals surface area contributed by atoms with Crippen LogP contribution in [0, 0.1) is 0 Å². The molecule has 2 rings (SSSR count). The highest BCUT2D eigenvalue weighted by Gasteiger charge is 2.12. The van der Waals surface area contributed by atoms with E-state index in [1.165, 1.54) is 18.9 Å². The van der Waals surface area contributed by atoms with Crippen LogP contribution in [-0.4, -0.2) is 50.8 Å². The first-order chi connectivity index (χ1) is 15.4. The Bertz CT molecular complexity index is 963. The molecule has 2 aromatic rings. The normalized spacial score (nSPS) is 10.6. The molecule has 3 amide bonds. The highest BCUT2D eigenvalue weighted by atomic mass is 35.5. The topological polar surface area (TPSA) is 118 Å². The molecule has 0 bridgehead atoms. The van der Waals surface area contributed by atoms with Crippen LogP contribution in [0.1, 0.15) is 18.1 Å². The quantitative estimate of drug-likeness (QED) is 0.217. The fraction of sp³-hybridized carbons (Fsp3) is 0.273. The maximum absolute atomic E-state index is 12.2. The zero-order valence-corrected chi connectivity index (χ0v) is 18.6. The molecule has 0 aliphatic carbocycles. The number of ether oxygens (including phenoxy) is 2. The van der Waals surface area contributed by atoms with Crippen molar-refractivity contribution < 1.29 is 23.9 Å². The number of aryl methyl sites for hydroxylation is 1. The van der Waals surface area contributed by atoms with Gasteiger partial charge in [-0.15, -0.1) is 0 Å². The van der Waals surface area contributed by atoms with Crippen LogP contribution in [-0.2, 0) is 25.5 Å². The van der Waals surface area contributed by atoms with E-state index in [9.17, 15) is 14.4 Å². The molecule has 0 aliphatic heterocycles. The number of rotatable bonds is 10. The first kappa shape index (κ1) is 24.8. The van der Waals surface area contributed by atoms with E-state index in [0.29, 0.717) is 22.0 Å². The number of halogens is 1. The molecule has 0 atom stereocenters. The molecule has 32 heavy (non-hydrogen) atoms. The number of hydrogen-bond acceptors (Lipinski definition) is 6. The van der Waals surface area contributed by atoms with Crippen LogP contribution >= 0.6 is 11.6 Å². The number of methoxy groups -OCH3 is 1. The molecule has 0 aromatic heterocycles. The Kier molecular flexibility index (Phi) is 10.2. The predicted octanol–water partition coefficient (Wildman–Crippen LogP) is 2.13. The van der Waals surface area contributed by atoms with Crippen LogP contribution < -0.4 is 20.8 Å². The van der Waals surface area contributed by atoms with Crippen LogP contribution in [0.5, 0.6) is 5.75 Å². The van der Waals surface area contributed by atoms with E-state index in [1.54, 1.807) is 18.2 Å². The third-order valence-electron chi connectivity index (χ3n) is 4.14. The minimum atomic E-state index is -0.935. The van der Waals surface area contributed by atoms with Gasteiger partial charge in [0.1, 0.15) is 5.75 Å². The summed E-state index contributed by atoms with van der Waals surface area (Å²) in [6, 6.07) is 12.2. The molecule has 0 spiro atoms. The average molecular weight is 461 g/mol. The average Bonchev–Trinajstić information content (AvgIpc) is 2.79. The number of nitrogens with zero attached hydrogens (tertiary/aromatic N) is 1. The number of amides is 3. The number of benzene rings is 2. The van der Waals surface area contributed by atoms with Gasteiger partial charge in [0.2, 0.25) is 0 Å². The van der Waals surface area contributed by atoms with Gasteiger partial charge in [-0.25, -0.2) is 5.43 Å². The van der Waals surface area contributed by atoms with Crippen molar-refractivity contribution in [1.29, 1.82) is 0 Å². The van der Waals surface area contributed by atoms with E-state index in [4.69, 9.17) is 21.1 Å². The summed E-state index contributed by atoms with van der Waals surface area (Å²) in [5.74, 6) is -1.79. The Labute approximate surface area is 191 Å². The van der Waals surface area contributed by atoms with E-state index in [0.717, 1.165) is 6.42 Å². The maximum Gasteiger partial charge on any atom is 0.329 e. The van der Waals surface area contributed by atoms with Gasteiger partial charge in [-0.1, -0.05) is 30.7 Å². The van der Waals surface area contributed by atoms with Crippen molar-refractivity contribution in [3.63, 3.8) is 0 Å². The first-order valence-electron chi connectivity index (χ1n) is 9.84. The van der Waals surface area contributed by atoms with Gasteiger partial charge in [-0.2, -0.15) is 5.10 Å². The third kappa shape index (κ3) is 8.37. The number of hydrogen-bond donors (Lipinski definition) is 3. The standard InChI is InChI=1S/C22H25ClN4O5/c1-3-15-4-7-18(8-5-15)26-20(28)14-32-19-9-6-17(23)12-16(19)13-25-27-22(30)21(29)24-10-11-31-2/h4-9,12-13H,3,10-11,14H2,1-2H3,(H,24,29)(H,26,28)(H,27,30)/b25-13-. The molecule has 2 aromatic carbocycles. The minimum Gasteiger partial charge on any atom is -0.483 e. The lowest BCUT2D eigenvalue weighted by Gasteiger charge is -2.10. The fourth-order valence-corrected chi connectivity index (χ4v) is 2.65. The van der Waals surface area contributed by atoms with Crippen molar-refractivity contribution in [2.75, 3.05) is 32.2 Å². The molecule has 0 fully saturated rings. The van der Waals surface area contributed by atoms with Crippen molar-refractivity contribution in [3.05, 3.63) is 58.6 Å².